The van der Waals surface area contributed by atoms with E-state index in [9.17, 15) is 0 Å². The molecule has 1 aromatic rings. The van der Waals surface area contributed by atoms with E-state index in [4.69, 9.17) is 0 Å². The van der Waals surface area contributed by atoms with E-state index in [-0.39, 0.29) is 0 Å². The number of hydrogen-bond acceptors (Lipinski definition) is 1. The van der Waals surface area contributed by atoms with E-state index >= 15 is 0 Å². The Hall–Kier alpha value is -1.08. The van der Waals surface area contributed by atoms with Gasteiger partial charge in [0, 0.05) is 6.04 Å². The highest BCUT2D eigenvalue weighted by Gasteiger charge is 2.09. The van der Waals surface area contributed by atoms with Crippen LogP contribution in [0.25, 0.3) is 6.08 Å². The number of rotatable bonds is 2. The molecule has 0 aliphatic carbocycles. The van der Waals surface area contributed by atoms with Gasteiger partial charge in [-0.15, -0.1) is 0 Å². The van der Waals surface area contributed by atoms with Gasteiger partial charge < -0.3 is 5.32 Å². The second-order valence-electron chi connectivity index (χ2n) is 3.47. The summed E-state index contributed by atoms with van der Waals surface area (Å²) in [4.78, 5) is 0. The molecule has 0 radical (unpaired) electrons. The summed E-state index contributed by atoms with van der Waals surface area (Å²) in [6.45, 7) is 1.17. The zero-order chi connectivity index (χ0) is 8.93. The Morgan fingerprint density at radius 2 is 2.08 bits per heavy atom. The van der Waals surface area contributed by atoms with Crippen LogP contribution in [-0.2, 0) is 0 Å². The summed E-state index contributed by atoms with van der Waals surface area (Å²) < 4.78 is 0. The molecule has 0 saturated carbocycles. The maximum Gasteiger partial charge on any atom is 0.0253 e. The van der Waals surface area contributed by atoms with Crippen molar-refractivity contribution in [2.45, 2.75) is 18.9 Å². The van der Waals surface area contributed by atoms with Crippen LogP contribution in [0.3, 0.4) is 0 Å². The van der Waals surface area contributed by atoms with Crippen molar-refractivity contribution in [3.63, 3.8) is 0 Å². The highest BCUT2D eigenvalue weighted by Crippen LogP contribution is 2.08. The van der Waals surface area contributed by atoms with Gasteiger partial charge in [-0.1, -0.05) is 42.5 Å². The van der Waals surface area contributed by atoms with Gasteiger partial charge >= 0.3 is 0 Å². The standard InChI is InChI=1S/C12H15N/c1-2-5-11(6-3-1)8-9-12-7-4-10-13-12/h1-3,5-6,8-9,12-13H,4,7,10H2/b9-8+/t12-/m0/s1. The molecule has 1 saturated heterocycles. The Morgan fingerprint density at radius 1 is 1.23 bits per heavy atom. The monoisotopic (exact) mass is 173 g/mol. The molecule has 68 valence electrons. The van der Waals surface area contributed by atoms with Crippen molar-refractivity contribution in [1.82, 2.24) is 5.32 Å². The van der Waals surface area contributed by atoms with Crippen LogP contribution in [-0.4, -0.2) is 12.6 Å². The second-order valence-corrected chi connectivity index (χ2v) is 3.47. The lowest BCUT2D eigenvalue weighted by Gasteiger charge is -2.01. The molecule has 13 heavy (non-hydrogen) atoms. The van der Waals surface area contributed by atoms with Crippen LogP contribution in [0.2, 0.25) is 0 Å². The van der Waals surface area contributed by atoms with E-state index in [0.29, 0.717) is 6.04 Å². The Balaban J connectivity index is 1.97. The van der Waals surface area contributed by atoms with E-state index in [1.54, 1.807) is 0 Å². The van der Waals surface area contributed by atoms with Crippen LogP contribution >= 0.6 is 0 Å². The molecule has 0 bridgehead atoms. The van der Waals surface area contributed by atoms with Crippen molar-refractivity contribution < 1.29 is 0 Å². The molecule has 0 spiro atoms. The van der Waals surface area contributed by atoms with Crippen molar-refractivity contribution in [3.05, 3.63) is 42.0 Å². The molecule has 1 N–H and O–H groups in total. The fourth-order valence-corrected chi connectivity index (χ4v) is 1.67. The van der Waals surface area contributed by atoms with Crippen molar-refractivity contribution in [1.29, 1.82) is 0 Å². The van der Waals surface area contributed by atoms with Crippen LogP contribution in [0, 0.1) is 0 Å². The molecule has 1 fully saturated rings. The minimum absolute atomic E-state index is 0.597. The van der Waals surface area contributed by atoms with Crippen LogP contribution in [0.5, 0.6) is 0 Å². The Bertz CT molecular complexity index is 270. The molecule has 0 aromatic heterocycles. The lowest BCUT2D eigenvalue weighted by Crippen LogP contribution is -2.17. The largest absolute Gasteiger partial charge is 0.311 e. The third-order valence-electron chi connectivity index (χ3n) is 2.42. The topological polar surface area (TPSA) is 12.0 Å². The van der Waals surface area contributed by atoms with E-state index in [2.05, 4.69) is 41.7 Å². The molecular formula is C12H15N. The predicted molar refractivity (Wildman–Crippen MR) is 56.5 cm³/mol. The third kappa shape index (κ3) is 2.43. The molecule has 1 atom stereocenters. The SMILES string of the molecule is C(=C\[C@@H]1CCCN1)/c1ccccc1. The van der Waals surface area contributed by atoms with Gasteiger partial charge in [-0.3, -0.25) is 0 Å². The van der Waals surface area contributed by atoms with Gasteiger partial charge in [-0.05, 0) is 24.9 Å². The van der Waals surface area contributed by atoms with E-state index in [0.717, 1.165) is 0 Å². The van der Waals surface area contributed by atoms with Gasteiger partial charge in [0.25, 0.3) is 0 Å². The second kappa shape index (κ2) is 4.24. The lowest BCUT2D eigenvalue weighted by atomic mass is 10.1. The van der Waals surface area contributed by atoms with Gasteiger partial charge in [-0.25, -0.2) is 0 Å². The van der Waals surface area contributed by atoms with E-state index in [1.807, 2.05) is 6.07 Å². The van der Waals surface area contributed by atoms with Crippen LogP contribution in [0.15, 0.2) is 36.4 Å². The first kappa shape index (κ1) is 8.52. The molecule has 0 amide bonds. The Morgan fingerprint density at radius 3 is 2.77 bits per heavy atom. The summed E-state index contributed by atoms with van der Waals surface area (Å²) in [6, 6.07) is 11.0. The predicted octanol–water partition coefficient (Wildman–Crippen LogP) is 2.45. The van der Waals surface area contributed by atoms with Crippen LogP contribution < -0.4 is 5.32 Å². The highest BCUT2D eigenvalue weighted by atomic mass is 14.9. The van der Waals surface area contributed by atoms with Crippen molar-refractivity contribution in [3.8, 4) is 0 Å². The maximum atomic E-state index is 3.44. The summed E-state index contributed by atoms with van der Waals surface area (Å²) in [6.07, 6.45) is 7.05. The molecule has 1 heterocycles. The molecule has 0 unspecified atom stereocenters. The number of nitrogens with one attached hydrogen (secondary N) is 1. The molecular weight excluding hydrogens is 158 g/mol. The van der Waals surface area contributed by atoms with Gasteiger partial charge in [-0.2, -0.15) is 0 Å². The summed E-state index contributed by atoms with van der Waals surface area (Å²) in [5.74, 6) is 0. The first-order valence-corrected chi connectivity index (χ1v) is 4.92. The number of hydrogen-bond donors (Lipinski definition) is 1. The maximum absolute atomic E-state index is 3.44. The molecule has 1 heteroatoms. The zero-order valence-electron chi connectivity index (χ0n) is 7.74. The first-order chi connectivity index (χ1) is 6.45. The normalized spacial score (nSPS) is 22.6. The average molecular weight is 173 g/mol. The number of benzene rings is 1. The average Bonchev–Trinajstić information content (AvgIpc) is 2.69. The summed E-state index contributed by atoms with van der Waals surface area (Å²) in [7, 11) is 0. The zero-order valence-corrected chi connectivity index (χ0v) is 7.74. The van der Waals surface area contributed by atoms with Gasteiger partial charge in [0.05, 0.1) is 0 Å². The Kier molecular flexibility index (Phi) is 2.78. The van der Waals surface area contributed by atoms with Crippen molar-refractivity contribution in [2.24, 2.45) is 0 Å². The Labute approximate surface area is 79.5 Å². The van der Waals surface area contributed by atoms with Gasteiger partial charge in [0.15, 0.2) is 0 Å². The molecule has 1 aromatic carbocycles. The molecule has 2 rings (SSSR count). The van der Waals surface area contributed by atoms with Crippen molar-refractivity contribution >= 4 is 6.08 Å². The van der Waals surface area contributed by atoms with E-state index in [1.165, 1.54) is 24.9 Å². The van der Waals surface area contributed by atoms with Gasteiger partial charge in [0.2, 0.25) is 0 Å². The fraction of sp³-hybridized carbons (Fsp3) is 0.333. The lowest BCUT2D eigenvalue weighted by molar-refractivity contribution is 0.730. The fourth-order valence-electron chi connectivity index (χ4n) is 1.67. The van der Waals surface area contributed by atoms with E-state index < -0.39 is 0 Å². The molecule has 1 aliphatic rings. The highest BCUT2D eigenvalue weighted by molar-refractivity contribution is 5.49. The minimum Gasteiger partial charge on any atom is -0.311 e. The summed E-state index contributed by atoms with van der Waals surface area (Å²) in [5, 5.41) is 3.44. The quantitative estimate of drug-likeness (QED) is 0.724. The van der Waals surface area contributed by atoms with Gasteiger partial charge in [0.1, 0.15) is 0 Å². The summed E-state index contributed by atoms with van der Waals surface area (Å²) in [5.41, 5.74) is 1.29. The van der Waals surface area contributed by atoms with Crippen molar-refractivity contribution in [2.75, 3.05) is 6.54 Å². The molecule has 1 nitrogen and oxygen atoms in total. The van der Waals surface area contributed by atoms with Crippen LogP contribution in [0.1, 0.15) is 18.4 Å². The first-order valence-electron chi connectivity index (χ1n) is 4.92. The van der Waals surface area contributed by atoms with Crippen LogP contribution in [0.4, 0.5) is 0 Å². The summed E-state index contributed by atoms with van der Waals surface area (Å²) >= 11 is 0. The minimum atomic E-state index is 0.597. The third-order valence-corrected chi connectivity index (χ3v) is 2.42. The molecule has 1 aliphatic heterocycles. The smallest absolute Gasteiger partial charge is 0.0253 e.